The Morgan fingerprint density at radius 2 is 1.78 bits per heavy atom. The first-order valence-corrected chi connectivity index (χ1v) is 10.5. The molecule has 144 valence electrons. The van der Waals surface area contributed by atoms with Crippen LogP contribution in [-0.2, 0) is 21.2 Å². The first-order chi connectivity index (χ1) is 12.9. The zero-order valence-electron chi connectivity index (χ0n) is 15.0. The average molecular weight is 390 g/mol. The van der Waals surface area contributed by atoms with Gasteiger partial charge in [0.2, 0.25) is 15.9 Å². The van der Waals surface area contributed by atoms with Crippen LogP contribution in [0.4, 0.5) is 4.39 Å². The van der Waals surface area contributed by atoms with Crippen molar-refractivity contribution < 1.29 is 17.6 Å². The molecule has 0 saturated carbocycles. The van der Waals surface area contributed by atoms with E-state index in [1.807, 2.05) is 30.3 Å². The number of rotatable bonds is 6. The number of carbonyl (C=O) groups is 1. The Morgan fingerprint density at radius 3 is 2.44 bits per heavy atom. The van der Waals surface area contributed by atoms with E-state index in [1.165, 1.54) is 22.5 Å². The second-order valence-electron chi connectivity index (χ2n) is 6.69. The van der Waals surface area contributed by atoms with E-state index in [0.29, 0.717) is 38.8 Å². The van der Waals surface area contributed by atoms with E-state index in [4.69, 9.17) is 0 Å². The van der Waals surface area contributed by atoms with E-state index >= 15 is 0 Å². The highest BCUT2D eigenvalue weighted by atomic mass is 32.2. The van der Waals surface area contributed by atoms with Gasteiger partial charge < -0.3 is 5.32 Å². The van der Waals surface area contributed by atoms with Crippen LogP contribution >= 0.6 is 0 Å². The Hall–Kier alpha value is -2.25. The van der Waals surface area contributed by atoms with Gasteiger partial charge in [-0.3, -0.25) is 4.79 Å². The molecule has 0 aliphatic carbocycles. The summed E-state index contributed by atoms with van der Waals surface area (Å²) in [7, 11) is -3.70. The van der Waals surface area contributed by atoms with Gasteiger partial charge in [-0.25, -0.2) is 12.8 Å². The molecular formula is C20H23FN2O3S. The number of hydrogen-bond acceptors (Lipinski definition) is 3. The lowest BCUT2D eigenvalue weighted by Gasteiger charge is -2.31. The smallest absolute Gasteiger partial charge is 0.243 e. The third-order valence-corrected chi connectivity index (χ3v) is 6.63. The number of halogens is 1. The molecule has 0 atom stereocenters. The maximum atomic E-state index is 13.3. The minimum atomic E-state index is -3.70. The molecule has 0 radical (unpaired) electrons. The topological polar surface area (TPSA) is 66.5 Å². The zero-order chi connectivity index (χ0) is 19.3. The van der Waals surface area contributed by atoms with Crippen molar-refractivity contribution in [1.29, 1.82) is 0 Å². The number of nitrogens with one attached hydrogen (secondary N) is 1. The maximum absolute atomic E-state index is 13.3. The summed E-state index contributed by atoms with van der Waals surface area (Å²) in [6.07, 6.45) is 2.18. The molecule has 1 N–H and O–H groups in total. The van der Waals surface area contributed by atoms with Crippen molar-refractivity contribution >= 4 is 15.9 Å². The summed E-state index contributed by atoms with van der Waals surface area (Å²) in [4.78, 5) is 12.1. The van der Waals surface area contributed by atoms with Gasteiger partial charge in [-0.2, -0.15) is 4.31 Å². The summed E-state index contributed by atoms with van der Waals surface area (Å²) in [5, 5.41) is 2.99. The molecule has 1 aliphatic heterocycles. The monoisotopic (exact) mass is 390 g/mol. The number of amides is 1. The third kappa shape index (κ3) is 5.14. The van der Waals surface area contributed by atoms with Gasteiger partial charge in [0, 0.05) is 25.6 Å². The normalized spacial score (nSPS) is 16.2. The van der Waals surface area contributed by atoms with E-state index in [2.05, 4.69) is 5.32 Å². The van der Waals surface area contributed by atoms with Crippen LogP contribution in [-0.4, -0.2) is 37.8 Å². The molecule has 0 bridgehead atoms. The van der Waals surface area contributed by atoms with Gasteiger partial charge in [-0.05, 0) is 43.0 Å². The van der Waals surface area contributed by atoms with Gasteiger partial charge in [-0.15, -0.1) is 0 Å². The van der Waals surface area contributed by atoms with Gasteiger partial charge in [0.15, 0.2) is 0 Å². The molecule has 2 aromatic carbocycles. The molecule has 1 saturated heterocycles. The Bertz CT molecular complexity index is 879. The first-order valence-electron chi connectivity index (χ1n) is 9.04. The molecule has 27 heavy (non-hydrogen) atoms. The van der Waals surface area contributed by atoms with Crippen LogP contribution in [0.2, 0.25) is 0 Å². The number of benzene rings is 2. The van der Waals surface area contributed by atoms with Crippen molar-refractivity contribution in [3.05, 3.63) is 66.0 Å². The molecule has 0 aromatic heterocycles. The fourth-order valence-electron chi connectivity index (χ4n) is 3.22. The van der Waals surface area contributed by atoms with Gasteiger partial charge in [0.1, 0.15) is 5.82 Å². The summed E-state index contributed by atoms with van der Waals surface area (Å²) in [6, 6.07) is 14.8. The van der Waals surface area contributed by atoms with E-state index in [-0.39, 0.29) is 16.8 Å². The number of piperidine rings is 1. The van der Waals surface area contributed by atoms with E-state index in [9.17, 15) is 17.6 Å². The second kappa shape index (κ2) is 8.63. The highest BCUT2D eigenvalue weighted by Crippen LogP contribution is 2.21. The standard InChI is InChI=1S/C20H23FN2O3S/c21-17-7-4-8-19(15-17)27(25,26)23-13-11-18(12-14-23)22-20(24)10-9-16-5-2-1-3-6-16/h1-8,15,18H,9-14H2,(H,22,24). The third-order valence-electron chi connectivity index (χ3n) is 4.74. The van der Waals surface area contributed by atoms with Crippen molar-refractivity contribution in [2.45, 2.75) is 36.6 Å². The van der Waals surface area contributed by atoms with Crippen LogP contribution in [0.25, 0.3) is 0 Å². The lowest BCUT2D eigenvalue weighted by atomic mass is 10.1. The maximum Gasteiger partial charge on any atom is 0.243 e. The van der Waals surface area contributed by atoms with Crippen LogP contribution < -0.4 is 5.32 Å². The summed E-state index contributed by atoms with van der Waals surface area (Å²) in [5.74, 6) is -0.595. The van der Waals surface area contributed by atoms with Crippen LogP contribution in [0.3, 0.4) is 0 Å². The van der Waals surface area contributed by atoms with Crippen LogP contribution in [0.15, 0.2) is 59.5 Å². The zero-order valence-corrected chi connectivity index (χ0v) is 15.8. The molecule has 1 heterocycles. The fraction of sp³-hybridized carbons (Fsp3) is 0.350. The first kappa shape index (κ1) is 19.5. The largest absolute Gasteiger partial charge is 0.353 e. The lowest BCUT2D eigenvalue weighted by molar-refractivity contribution is -0.122. The second-order valence-corrected chi connectivity index (χ2v) is 8.63. The minimum Gasteiger partial charge on any atom is -0.353 e. The average Bonchev–Trinajstić information content (AvgIpc) is 2.68. The van der Waals surface area contributed by atoms with Crippen molar-refractivity contribution in [3.8, 4) is 0 Å². The van der Waals surface area contributed by atoms with Crippen LogP contribution in [0, 0.1) is 5.82 Å². The van der Waals surface area contributed by atoms with Crippen LogP contribution in [0.1, 0.15) is 24.8 Å². The number of carbonyl (C=O) groups excluding carboxylic acids is 1. The molecule has 7 heteroatoms. The molecule has 3 rings (SSSR count). The highest BCUT2D eigenvalue weighted by molar-refractivity contribution is 7.89. The molecule has 2 aromatic rings. The van der Waals surface area contributed by atoms with Gasteiger partial charge in [-0.1, -0.05) is 36.4 Å². The lowest BCUT2D eigenvalue weighted by Crippen LogP contribution is -2.46. The summed E-state index contributed by atoms with van der Waals surface area (Å²) in [6.45, 7) is 0.616. The predicted molar refractivity (Wildman–Crippen MR) is 101 cm³/mol. The Labute approximate surface area is 159 Å². The molecular weight excluding hydrogens is 367 g/mol. The number of nitrogens with zero attached hydrogens (tertiary/aromatic N) is 1. The van der Waals surface area contributed by atoms with Crippen molar-refractivity contribution in [2.24, 2.45) is 0 Å². The Kier molecular flexibility index (Phi) is 6.23. The molecule has 1 fully saturated rings. The fourth-order valence-corrected chi connectivity index (χ4v) is 4.72. The summed E-state index contributed by atoms with van der Waals surface area (Å²) >= 11 is 0. The SMILES string of the molecule is O=C(CCc1ccccc1)NC1CCN(S(=O)(=O)c2cccc(F)c2)CC1. The number of hydrogen-bond donors (Lipinski definition) is 1. The van der Waals surface area contributed by atoms with Gasteiger partial charge in [0.25, 0.3) is 0 Å². The quantitative estimate of drug-likeness (QED) is 0.825. The van der Waals surface area contributed by atoms with E-state index in [1.54, 1.807) is 0 Å². The van der Waals surface area contributed by atoms with E-state index < -0.39 is 15.8 Å². The Balaban J connectivity index is 1.49. The van der Waals surface area contributed by atoms with Gasteiger partial charge in [0.05, 0.1) is 4.90 Å². The molecule has 5 nitrogen and oxygen atoms in total. The number of sulfonamides is 1. The van der Waals surface area contributed by atoms with Crippen LogP contribution in [0.5, 0.6) is 0 Å². The Morgan fingerprint density at radius 1 is 1.07 bits per heavy atom. The van der Waals surface area contributed by atoms with Gasteiger partial charge >= 0.3 is 0 Å². The summed E-state index contributed by atoms with van der Waals surface area (Å²) < 4.78 is 39.9. The molecule has 0 spiro atoms. The molecule has 1 amide bonds. The van der Waals surface area contributed by atoms with Crippen molar-refractivity contribution in [3.63, 3.8) is 0 Å². The molecule has 0 unspecified atom stereocenters. The van der Waals surface area contributed by atoms with Crippen molar-refractivity contribution in [2.75, 3.05) is 13.1 Å². The molecule has 1 aliphatic rings. The predicted octanol–water partition coefficient (Wildman–Crippen LogP) is 2.73. The van der Waals surface area contributed by atoms with Crippen molar-refractivity contribution in [1.82, 2.24) is 9.62 Å². The van der Waals surface area contributed by atoms with E-state index in [0.717, 1.165) is 11.6 Å². The number of aryl methyl sites for hydroxylation is 1. The highest BCUT2D eigenvalue weighted by Gasteiger charge is 2.30. The summed E-state index contributed by atoms with van der Waals surface area (Å²) in [5.41, 5.74) is 1.11. The minimum absolute atomic E-state index is 0.0229.